The molecule has 1 aromatic carbocycles. The van der Waals surface area contributed by atoms with E-state index in [1.165, 1.54) is 0 Å². The number of aliphatic hydroxyl groups excluding tert-OH is 1. The molecule has 0 bridgehead atoms. The molecule has 20 heavy (non-hydrogen) atoms. The second-order valence-corrected chi connectivity index (χ2v) is 4.73. The van der Waals surface area contributed by atoms with Crippen LogP contribution in [0.4, 0.5) is 4.79 Å². The Kier molecular flexibility index (Phi) is 4.57. The number of amides is 1. The van der Waals surface area contributed by atoms with Gasteiger partial charge in [-0.2, -0.15) is 0 Å². The van der Waals surface area contributed by atoms with Crippen LogP contribution in [0, 0.1) is 0 Å². The van der Waals surface area contributed by atoms with Gasteiger partial charge in [0.2, 0.25) is 0 Å². The van der Waals surface area contributed by atoms with Crippen molar-refractivity contribution in [3.05, 3.63) is 35.9 Å². The van der Waals surface area contributed by atoms with E-state index in [0.717, 1.165) is 10.5 Å². The van der Waals surface area contributed by atoms with Crippen molar-refractivity contribution in [1.82, 2.24) is 4.90 Å². The topological polar surface area (TPSA) is 87.1 Å². The number of carboxylic acid groups (broad SMARTS) is 1. The first-order valence-corrected chi connectivity index (χ1v) is 6.48. The standard InChI is InChI=1S/C14H17NO5/c16-11-7-4-8-15(12(11)13(17)18)14(19)20-9-10-5-2-1-3-6-10/h1-3,5-6,11-12,16H,4,7-9H2,(H,17,18)/t11-,12+/m1/s1. The maximum atomic E-state index is 12.0. The lowest BCUT2D eigenvalue weighted by Crippen LogP contribution is -2.55. The quantitative estimate of drug-likeness (QED) is 0.869. The molecular weight excluding hydrogens is 262 g/mol. The van der Waals surface area contributed by atoms with Crippen molar-refractivity contribution in [2.75, 3.05) is 6.54 Å². The molecule has 2 atom stereocenters. The van der Waals surface area contributed by atoms with Crippen molar-refractivity contribution >= 4 is 12.1 Å². The predicted octanol–water partition coefficient (Wildman–Crippen LogP) is 1.23. The van der Waals surface area contributed by atoms with Crippen LogP contribution in [0.25, 0.3) is 0 Å². The number of hydrogen-bond donors (Lipinski definition) is 2. The number of carboxylic acids is 1. The van der Waals surface area contributed by atoms with Crippen LogP contribution in [-0.2, 0) is 16.1 Å². The second kappa shape index (κ2) is 6.38. The van der Waals surface area contributed by atoms with E-state index in [2.05, 4.69) is 0 Å². The zero-order chi connectivity index (χ0) is 14.5. The molecular formula is C14H17NO5. The average Bonchev–Trinajstić information content (AvgIpc) is 2.45. The number of likely N-dealkylation sites (tertiary alicyclic amines) is 1. The highest BCUT2D eigenvalue weighted by molar-refractivity contribution is 5.81. The van der Waals surface area contributed by atoms with E-state index in [1.807, 2.05) is 30.3 Å². The summed E-state index contributed by atoms with van der Waals surface area (Å²) in [5.74, 6) is -1.21. The number of nitrogens with zero attached hydrogens (tertiary/aromatic N) is 1. The Morgan fingerprint density at radius 1 is 1.30 bits per heavy atom. The number of hydrogen-bond acceptors (Lipinski definition) is 4. The lowest BCUT2D eigenvalue weighted by molar-refractivity contribution is -0.149. The Labute approximate surface area is 116 Å². The van der Waals surface area contributed by atoms with Gasteiger partial charge in [-0.25, -0.2) is 9.59 Å². The van der Waals surface area contributed by atoms with Gasteiger partial charge in [-0.1, -0.05) is 30.3 Å². The lowest BCUT2D eigenvalue weighted by Gasteiger charge is -2.35. The summed E-state index contributed by atoms with van der Waals surface area (Å²) >= 11 is 0. The number of carbonyl (C=O) groups excluding carboxylic acids is 1. The molecule has 6 nitrogen and oxygen atoms in total. The van der Waals surface area contributed by atoms with E-state index in [4.69, 9.17) is 9.84 Å². The summed E-state index contributed by atoms with van der Waals surface area (Å²) in [4.78, 5) is 24.2. The maximum Gasteiger partial charge on any atom is 0.410 e. The molecule has 0 unspecified atom stereocenters. The summed E-state index contributed by atoms with van der Waals surface area (Å²) in [5, 5.41) is 18.8. The minimum atomic E-state index is -1.23. The third-order valence-corrected chi connectivity index (χ3v) is 3.29. The van der Waals surface area contributed by atoms with Crippen molar-refractivity contribution in [3.8, 4) is 0 Å². The first-order chi connectivity index (χ1) is 9.59. The Balaban J connectivity index is 1.98. The lowest BCUT2D eigenvalue weighted by atomic mass is 9.99. The third kappa shape index (κ3) is 3.27. The SMILES string of the molecule is O=C(O)[C@@H]1[C@H](O)CCCN1C(=O)OCc1ccccc1. The van der Waals surface area contributed by atoms with Gasteiger partial charge in [0, 0.05) is 6.54 Å². The number of ether oxygens (including phenoxy) is 1. The fraction of sp³-hybridized carbons (Fsp3) is 0.429. The highest BCUT2D eigenvalue weighted by Gasteiger charge is 2.39. The zero-order valence-electron chi connectivity index (χ0n) is 10.9. The number of benzene rings is 1. The van der Waals surface area contributed by atoms with Gasteiger partial charge in [0.05, 0.1) is 6.10 Å². The Bertz CT molecular complexity index is 476. The molecule has 0 saturated carbocycles. The predicted molar refractivity (Wildman–Crippen MR) is 70.0 cm³/mol. The van der Waals surface area contributed by atoms with Gasteiger partial charge in [-0.05, 0) is 18.4 Å². The molecule has 2 rings (SSSR count). The van der Waals surface area contributed by atoms with Crippen LogP contribution in [0.15, 0.2) is 30.3 Å². The van der Waals surface area contributed by atoms with Crippen molar-refractivity contribution in [1.29, 1.82) is 0 Å². The molecule has 1 aliphatic heterocycles. The molecule has 1 amide bonds. The van der Waals surface area contributed by atoms with Crippen LogP contribution < -0.4 is 0 Å². The fourth-order valence-corrected chi connectivity index (χ4v) is 2.28. The van der Waals surface area contributed by atoms with Crippen LogP contribution in [0.1, 0.15) is 18.4 Å². The van der Waals surface area contributed by atoms with Crippen molar-refractivity contribution in [2.24, 2.45) is 0 Å². The van der Waals surface area contributed by atoms with E-state index in [9.17, 15) is 14.7 Å². The Morgan fingerprint density at radius 2 is 2.00 bits per heavy atom. The number of rotatable bonds is 3. The minimum Gasteiger partial charge on any atom is -0.480 e. The van der Waals surface area contributed by atoms with Crippen molar-refractivity contribution < 1.29 is 24.5 Å². The van der Waals surface area contributed by atoms with Gasteiger partial charge in [-0.15, -0.1) is 0 Å². The van der Waals surface area contributed by atoms with Crippen LogP contribution in [0.3, 0.4) is 0 Å². The molecule has 0 radical (unpaired) electrons. The van der Waals surface area contributed by atoms with Crippen LogP contribution in [-0.4, -0.2) is 45.9 Å². The van der Waals surface area contributed by atoms with Crippen molar-refractivity contribution in [2.45, 2.75) is 31.6 Å². The number of aliphatic hydroxyl groups is 1. The smallest absolute Gasteiger partial charge is 0.410 e. The largest absolute Gasteiger partial charge is 0.480 e. The summed E-state index contributed by atoms with van der Waals surface area (Å²) < 4.78 is 5.11. The van der Waals surface area contributed by atoms with Gasteiger partial charge in [0.25, 0.3) is 0 Å². The van der Waals surface area contributed by atoms with Crippen LogP contribution in [0.5, 0.6) is 0 Å². The van der Waals surface area contributed by atoms with Gasteiger partial charge in [0.15, 0.2) is 6.04 Å². The average molecular weight is 279 g/mol. The molecule has 1 fully saturated rings. The third-order valence-electron chi connectivity index (χ3n) is 3.29. The first kappa shape index (κ1) is 14.3. The summed E-state index contributed by atoms with van der Waals surface area (Å²) in [6.07, 6.45) is -0.823. The van der Waals surface area contributed by atoms with Gasteiger partial charge >= 0.3 is 12.1 Å². The first-order valence-electron chi connectivity index (χ1n) is 6.48. The maximum absolute atomic E-state index is 12.0. The molecule has 0 spiro atoms. The Morgan fingerprint density at radius 3 is 2.65 bits per heavy atom. The van der Waals surface area contributed by atoms with E-state index >= 15 is 0 Å². The summed E-state index contributed by atoms with van der Waals surface area (Å²) in [5.41, 5.74) is 0.824. The zero-order valence-corrected chi connectivity index (χ0v) is 10.9. The molecule has 6 heteroatoms. The number of piperidine rings is 1. The summed E-state index contributed by atoms with van der Waals surface area (Å²) in [7, 11) is 0. The van der Waals surface area contributed by atoms with E-state index < -0.39 is 24.2 Å². The van der Waals surface area contributed by atoms with Gasteiger partial charge in [0.1, 0.15) is 6.61 Å². The number of carbonyl (C=O) groups is 2. The monoisotopic (exact) mass is 279 g/mol. The number of aliphatic carboxylic acids is 1. The second-order valence-electron chi connectivity index (χ2n) is 4.73. The van der Waals surface area contributed by atoms with E-state index in [-0.39, 0.29) is 13.2 Å². The molecule has 0 aromatic heterocycles. The fourth-order valence-electron chi connectivity index (χ4n) is 2.28. The normalized spacial score (nSPS) is 22.4. The molecule has 0 aliphatic carbocycles. The van der Waals surface area contributed by atoms with Crippen LogP contribution >= 0.6 is 0 Å². The van der Waals surface area contributed by atoms with Crippen molar-refractivity contribution in [3.63, 3.8) is 0 Å². The molecule has 1 aromatic rings. The Hall–Kier alpha value is -2.08. The summed E-state index contributed by atoms with van der Waals surface area (Å²) in [6, 6.07) is 7.90. The molecule has 2 N–H and O–H groups in total. The molecule has 1 aliphatic rings. The molecule has 1 heterocycles. The van der Waals surface area contributed by atoms with Crippen LogP contribution in [0.2, 0.25) is 0 Å². The molecule has 108 valence electrons. The molecule has 1 saturated heterocycles. The van der Waals surface area contributed by atoms with Gasteiger partial charge in [-0.3, -0.25) is 4.90 Å². The van der Waals surface area contributed by atoms with E-state index in [0.29, 0.717) is 12.8 Å². The summed E-state index contributed by atoms with van der Waals surface area (Å²) in [6.45, 7) is 0.361. The van der Waals surface area contributed by atoms with E-state index in [1.54, 1.807) is 0 Å². The minimum absolute atomic E-state index is 0.0820. The highest BCUT2D eigenvalue weighted by Crippen LogP contribution is 2.19. The highest BCUT2D eigenvalue weighted by atomic mass is 16.6. The van der Waals surface area contributed by atoms with Gasteiger partial charge < -0.3 is 14.9 Å².